The van der Waals surface area contributed by atoms with Crippen LogP contribution in [0, 0.1) is 0 Å². The Balaban J connectivity index is 1.28. The molecule has 0 aromatic heterocycles. The predicted octanol–water partition coefficient (Wildman–Crippen LogP) is 13.3. The third kappa shape index (κ3) is 5.88. The number of unbranched alkanes of at least 4 members (excludes halogenated alkanes) is 2. The fourth-order valence-electron chi connectivity index (χ4n) is 11.4. The van der Waals surface area contributed by atoms with Gasteiger partial charge in [-0.1, -0.05) is 0 Å². The van der Waals surface area contributed by atoms with E-state index in [0.29, 0.717) is 33.6 Å². The molecule has 0 N–H and O–H groups in total. The van der Waals surface area contributed by atoms with Gasteiger partial charge in [0.05, 0.1) is 0 Å². The van der Waals surface area contributed by atoms with Gasteiger partial charge in [0.2, 0.25) is 0 Å². The molecule has 0 radical (unpaired) electrons. The molecule has 3 aliphatic heterocycles. The van der Waals surface area contributed by atoms with Gasteiger partial charge in [0.15, 0.2) is 0 Å². The average Bonchev–Trinajstić information content (AvgIpc) is 3.54. The monoisotopic (exact) mass is 942 g/mol. The van der Waals surface area contributed by atoms with Gasteiger partial charge in [0, 0.05) is 0 Å². The summed E-state index contributed by atoms with van der Waals surface area (Å²) in [7, 11) is 0. The van der Waals surface area contributed by atoms with Crippen LogP contribution in [0.1, 0.15) is 182 Å². The molecule has 0 spiro atoms. The molecule has 3 heterocycles. The minimum atomic E-state index is -3.84. The summed E-state index contributed by atoms with van der Waals surface area (Å²) in [6.45, 7) is 21.7. The molecular formula is C56H58N2O4Sn. The molecule has 0 fully saturated rings. The van der Waals surface area contributed by atoms with Crippen molar-refractivity contribution in [1.82, 2.24) is 0 Å². The van der Waals surface area contributed by atoms with Crippen LogP contribution >= 0.6 is 0 Å². The van der Waals surface area contributed by atoms with Gasteiger partial charge < -0.3 is 0 Å². The number of anilines is 2. The first-order chi connectivity index (χ1) is 30.1. The Hall–Kier alpha value is -5.08. The van der Waals surface area contributed by atoms with E-state index < -0.39 is 18.4 Å². The molecule has 63 heavy (non-hydrogen) atoms. The molecule has 7 heteroatoms. The van der Waals surface area contributed by atoms with Crippen molar-refractivity contribution in [3.8, 4) is 0 Å². The standard InChI is InChI=1S/C48H40N2O4.2C4H9.Sn/c1-23(2)27-17-28(24(3)4)20-31(19-27)49-45(51)37-13-9-33-35-11-15-39-44-40(16-12-36(42(35)44)34-10-14-38(46(49)52)43(37)41(33)34)48(54)50(47(39)53)32-21-29(25(5)6)18-30(22-32)26(7)8;2*1-3-4-2;/h9,11,13-26H,1-8H3;2*1,3-4H2,2H3;. The number of carbonyl (C=O) groups is 4. The molecule has 7 aromatic rings. The molecular weight excluding hydrogens is 883 g/mol. The number of benzene rings is 7. The summed E-state index contributed by atoms with van der Waals surface area (Å²) in [4.78, 5) is 63.6. The number of hydrogen-bond acceptors (Lipinski definition) is 4. The summed E-state index contributed by atoms with van der Waals surface area (Å²) in [5, 5.41) is 7.71. The molecule has 3 aliphatic rings. The second kappa shape index (κ2) is 15.0. The summed E-state index contributed by atoms with van der Waals surface area (Å²) in [6.07, 6.45) is 4.18. The van der Waals surface area contributed by atoms with Crippen LogP contribution in [0.4, 0.5) is 11.4 Å². The van der Waals surface area contributed by atoms with Crippen LogP contribution in [0.3, 0.4) is 0 Å². The van der Waals surface area contributed by atoms with E-state index in [4.69, 9.17) is 0 Å². The third-order valence-electron chi connectivity index (χ3n) is 14.9. The van der Waals surface area contributed by atoms with Gasteiger partial charge in [-0.15, -0.1) is 0 Å². The van der Waals surface area contributed by atoms with E-state index in [1.807, 2.05) is 36.4 Å². The summed E-state index contributed by atoms with van der Waals surface area (Å²) in [5.41, 5.74) is 7.95. The zero-order chi connectivity index (χ0) is 44.5. The first kappa shape index (κ1) is 41.9. The average molecular weight is 942 g/mol. The molecule has 0 atom stereocenters. The predicted molar refractivity (Wildman–Crippen MR) is 264 cm³/mol. The fourth-order valence-corrected chi connectivity index (χ4v) is 28.0. The van der Waals surface area contributed by atoms with Crippen LogP contribution < -0.4 is 17.0 Å². The van der Waals surface area contributed by atoms with Crippen molar-refractivity contribution in [3.63, 3.8) is 0 Å². The zero-order valence-corrected chi connectivity index (χ0v) is 41.4. The van der Waals surface area contributed by atoms with Gasteiger partial charge in [0.25, 0.3) is 0 Å². The molecule has 0 unspecified atom stereocenters. The Labute approximate surface area is 375 Å². The van der Waals surface area contributed by atoms with Gasteiger partial charge in [-0.2, -0.15) is 0 Å². The van der Waals surface area contributed by atoms with Crippen LogP contribution in [0.25, 0.3) is 43.1 Å². The second-order valence-electron chi connectivity index (χ2n) is 20.0. The number of nitrogens with zero attached hydrogens (tertiary/aromatic N) is 2. The van der Waals surface area contributed by atoms with E-state index in [1.54, 1.807) is 0 Å². The van der Waals surface area contributed by atoms with Crippen LogP contribution in [-0.2, 0) is 0 Å². The maximum absolute atomic E-state index is 15.4. The summed E-state index contributed by atoms with van der Waals surface area (Å²) in [6, 6.07) is 25.0. The van der Waals surface area contributed by atoms with Crippen molar-refractivity contribution in [3.05, 3.63) is 117 Å². The van der Waals surface area contributed by atoms with Crippen LogP contribution in [0.15, 0.2) is 72.8 Å². The number of carbonyl (C=O) groups excluding carboxylic acids is 4. The quantitative estimate of drug-likeness (QED) is 0.0529. The molecule has 4 amide bonds. The van der Waals surface area contributed by atoms with Crippen molar-refractivity contribution < 1.29 is 19.2 Å². The van der Waals surface area contributed by atoms with E-state index in [2.05, 4.69) is 106 Å². The topological polar surface area (TPSA) is 74.8 Å². The maximum atomic E-state index is 15.4. The Morgan fingerprint density at radius 1 is 0.413 bits per heavy atom. The van der Waals surface area contributed by atoms with Gasteiger partial charge in [-0.3, -0.25) is 0 Å². The number of hydrogen-bond donors (Lipinski definition) is 0. The first-order valence-corrected chi connectivity index (χ1v) is 30.4. The SMILES string of the molecule is CCC[CH2][Sn]1([CH2]CCC)[c]2cc3c4c(ccc5c6ccc7c8c(c[c]1c(c2c45)c86)C(=O)N(c1cc(C(C)C)cc(C(C)C)c1)C7=O)C(=O)N(c1cc(C(C)C)cc(C(C)C)c1)C3=O. The Morgan fingerprint density at radius 3 is 1.06 bits per heavy atom. The molecule has 0 saturated carbocycles. The summed E-state index contributed by atoms with van der Waals surface area (Å²) >= 11 is -3.84. The van der Waals surface area contributed by atoms with Crippen LogP contribution in [0.5, 0.6) is 0 Å². The van der Waals surface area contributed by atoms with Crippen molar-refractivity contribution in [1.29, 1.82) is 0 Å². The van der Waals surface area contributed by atoms with Gasteiger partial charge in [-0.25, -0.2) is 0 Å². The van der Waals surface area contributed by atoms with Gasteiger partial charge in [0.1, 0.15) is 0 Å². The molecule has 320 valence electrons. The van der Waals surface area contributed by atoms with E-state index in [0.717, 1.165) is 99.9 Å². The fraction of sp³-hybridized carbons (Fsp3) is 0.357. The molecule has 10 rings (SSSR count). The Bertz CT molecular complexity index is 2890. The minimum absolute atomic E-state index is 0.220. The number of imide groups is 2. The number of fused-ring (bicyclic) bond motifs is 1. The Kier molecular flexibility index (Phi) is 9.98. The van der Waals surface area contributed by atoms with Crippen molar-refractivity contribution in [2.45, 2.75) is 127 Å². The molecule has 0 bridgehead atoms. The van der Waals surface area contributed by atoms with Crippen molar-refractivity contribution in [2.75, 3.05) is 9.80 Å². The van der Waals surface area contributed by atoms with E-state index >= 15 is 9.59 Å². The van der Waals surface area contributed by atoms with Gasteiger partial charge in [-0.05, 0) is 0 Å². The molecule has 6 nitrogen and oxygen atoms in total. The summed E-state index contributed by atoms with van der Waals surface area (Å²) in [5.74, 6) is -0.250. The third-order valence-corrected chi connectivity index (χ3v) is 29.9. The molecule has 7 aromatic carbocycles. The van der Waals surface area contributed by atoms with E-state index in [-0.39, 0.29) is 47.3 Å². The van der Waals surface area contributed by atoms with Crippen molar-refractivity contribution >= 4 is 104 Å². The summed E-state index contributed by atoms with van der Waals surface area (Å²) < 4.78 is 4.75. The number of rotatable bonds is 12. The second-order valence-corrected chi connectivity index (χ2v) is 32.1. The molecule has 0 saturated heterocycles. The van der Waals surface area contributed by atoms with Crippen LogP contribution in [0.2, 0.25) is 8.87 Å². The Morgan fingerprint density at radius 2 is 0.746 bits per heavy atom. The van der Waals surface area contributed by atoms with Crippen molar-refractivity contribution in [2.24, 2.45) is 0 Å². The molecule has 0 aliphatic carbocycles. The normalized spacial score (nSPS) is 15.7. The van der Waals surface area contributed by atoms with Crippen LogP contribution in [-0.4, -0.2) is 42.0 Å². The van der Waals surface area contributed by atoms with E-state index in [1.165, 1.54) is 17.0 Å². The van der Waals surface area contributed by atoms with E-state index in [9.17, 15) is 9.59 Å². The number of amides is 4. The first-order valence-electron chi connectivity index (χ1n) is 23.5. The zero-order valence-electron chi connectivity index (χ0n) is 38.5. The van der Waals surface area contributed by atoms with Gasteiger partial charge >= 0.3 is 377 Å².